The number of carbonyl (C=O) groups is 1. The second kappa shape index (κ2) is 8.71. The van der Waals surface area contributed by atoms with Gasteiger partial charge in [0.25, 0.3) is 5.91 Å². The van der Waals surface area contributed by atoms with E-state index in [2.05, 4.69) is 26.6 Å². The van der Waals surface area contributed by atoms with Crippen molar-refractivity contribution in [3.63, 3.8) is 0 Å². The molecule has 0 spiro atoms. The Morgan fingerprint density at radius 3 is 2.67 bits per heavy atom. The molecule has 2 heterocycles. The first-order valence-corrected chi connectivity index (χ1v) is 11.1. The standard InChI is InChI=1S/C27H23N5O/c28-17-20(26(33)31-27(13-4-5-14-27)22-7-2-1-3-8-22)16-23-9-6-10-24(30-23)19-11-12-25-21(15-19)18-29-32-25/h1-3,6-12,15-16,18H,4-5,13-14H2,(H,29,32)(H,31,33). The van der Waals surface area contributed by atoms with Crippen LogP contribution in [0.25, 0.3) is 28.2 Å². The van der Waals surface area contributed by atoms with E-state index in [0.29, 0.717) is 5.69 Å². The third-order valence-electron chi connectivity index (χ3n) is 6.30. The molecule has 1 aliphatic rings. The number of nitrogens with one attached hydrogen (secondary N) is 2. The lowest BCUT2D eigenvalue weighted by atomic mass is 9.88. The Balaban J connectivity index is 1.42. The third-order valence-corrected chi connectivity index (χ3v) is 6.30. The zero-order chi connectivity index (χ0) is 22.7. The Bertz CT molecular complexity index is 1370. The lowest BCUT2D eigenvalue weighted by molar-refractivity contribution is -0.119. The van der Waals surface area contributed by atoms with Crippen LogP contribution in [0.1, 0.15) is 36.9 Å². The molecule has 5 rings (SSSR count). The van der Waals surface area contributed by atoms with Gasteiger partial charge in [-0.05, 0) is 48.7 Å². The summed E-state index contributed by atoms with van der Waals surface area (Å²) in [5.41, 5.74) is 3.93. The minimum atomic E-state index is -0.427. The molecular weight excluding hydrogens is 410 g/mol. The van der Waals surface area contributed by atoms with E-state index in [1.165, 1.54) is 0 Å². The molecule has 162 valence electrons. The van der Waals surface area contributed by atoms with Crippen LogP contribution in [-0.4, -0.2) is 21.1 Å². The van der Waals surface area contributed by atoms with Gasteiger partial charge in [-0.15, -0.1) is 0 Å². The Hall–Kier alpha value is -4.24. The summed E-state index contributed by atoms with van der Waals surface area (Å²) in [6, 6.07) is 23.6. The molecular formula is C27H23N5O. The minimum Gasteiger partial charge on any atom is -0.342 e. The Labute approximate surface area is 192 Å². The van der Waals surface area contributed by atoms with Gasteiger partial charge in [0.1, 0.15) is 11.6 Å². The second-order valence-corrected chi connectivity index (χ2v) is 8.40. The average Bonchev–Trinajstić information content (AvgIpc) is 3.53. The van der Waals surface area contributed by atoms with Gasteiger partial charge >= 0.3 is 0 Å². The zero-order valence-electron chi connectivity index (χ0n) is 18.1. The lowest BCUT2D eigenvalue weighted by Gasteiger charge is -2.31. The summed E-state index contributed by atoms with van der Waals surface area (Å²) in [6.45, 7) is 0. The van der Waals surface area contributed by atoms with Gasteiger partial charge in [0, 0.05) is 10.9 Å². The maximum absolute atomic E-state index is 13.1. The van der Waals surface area contributed by atoms with Gasteiger partial charge in [0.15, 0.2) is 0 Å². The van der Waals surface area contributed by atoms with Gasteiger partial charge < -0.3 is 5.32 Å². The number of H-pyrrole nitrogens is 1. The highest BCUT2D eigenvalue weighted by Gasteiger charge is 2.37. The van der Waals surface area contributed by atoms with Crippen LogP contribution >= 0.6 is 0 Å². The molecule has 0 saturated heterocycles. The van der Waals surface area contributed by atoms with E-state index >= 15 is 0 Å². The SMILES string of the molecule is N#CC(=Cc1cccc(-c2ccc3[nH]ncc3c2)n1)C(=O)NC1(c2ccccc2)CCCC1. The van der Waals surface area contributed by atoms with E-state index in [-0.39, 0.29) is 11.5 Å². The summed E-state index contributed by atoms with van der Waals surface area (Å²) in [5.74, 6) is -0.365. The highest BCUT2D eigenvalue weighted by atomic mass is 16.1. The van der Waals surface area contributed by atoms with Crippen LogP contribution in [0.4, 0.5) is 0 Å². The van der Waals surface area contributed by atoms with Crippen molar-refractivity contribution in [2.75, 3.05) is 0 Å². The molecule has 4 aromatic rings. The van der Waals surface area contributed by atoms with Crippen molar-refractivity contribution in [1.29, 1.82) is 5.26 Å². The molecule has 1 fully saturated rings. The van der Waals surface area contributed by atoms with Crippen molar-refractivity contribution in [2.24, 2.45) is 0 Å². The van der Waals surface area contributed by atoms with Crippen molar-refractivity contribution < 1.29 is 4.79 Å². The Morgan fingerprint density at radius 2 is 1.88 bits per heavy atom. The molecule has 1 saturated carbocycles. The third kappa shape index (κ3) is 4.13. The molecule has 6 heteroatoms. The summed E-state index contributed by atoms with van der Waals surface area (Å²) < 4.78 is 0. The largest absolute Gasteiger partial charge is 0.342 e. The fraction of sp³-hybridized carbons (Fsp3) is 0.185. The number of pyridine rings is 1. The highest BCUT2D eigenvalue weighted by Crippen LogP contribution is 2.38. The monoisotopic (exact) mass is 433 g/mol. The first kappa shape index (κ1) is 20.7. The van der Waals surface area contributed by atoms with Crippen molar-refractivity contribution in [2.45, 2.75) is 31.2 Å². The normalized spacial score (nSPS) is 15.3. The van der Waals surface area contributed by atoms with Crippen LogP contribution in [0.2, 0.25) is 0 Å². The van der Waals surface area contributed by atoms with Crippen LogP contribution in [-0.2, 0) is 10.3 Å². The van der Waals surface area contributed by atoms with Gasteiger partial charge in [-0.2, -0.15) is 10.4 Å². The molecule has 6 nitrogen and oxygen atoms in total. The predicted octanol–water partition coefficient (Wildman–Crippen LogP) is 5.12. The number of hydrogen-bond donors (Lipinski definition) is 2. The molecule has 1 aliphatic carbocycles. The fourth-order valence-electron chi connectivity index (χ4n) is 4.60. The number of amides is 1. The zero-order valence-corrected chi connectivity index (χ0v) is 18.1. The molecule has 1 amide bonds. The first-order chi connectivity index (χ1) is 16.2. The molecule has 0 bridgehead atoms. The number of nitrogens with zero attached hydrogens (tertiary/aromatic N) is 3. The first-order valence-electron chi connectivity index (χ1n) is 11.1. The number of fused-ring (bicyclic) bond motifs is 1. The summed E-state index contributed by atoms with van der Waals surface area (Å²) in [6.07, 6.45) is 7.16. The quantitative estimate of drug-likeness (QED) is 0.337. The summed E-state index contributed by atoms with van der Waals surface area (Å²) >= 11 is 0. The van der Waals surface area contributed by atoms with Gasteiger partial charge in [0.05, 0.1) is 28.6 Å². The molecule has 0 radical (unpaired) electrons. The Kier molecular flexibility index (Phi) is 5.45. The van der Waals surface area contributed by atoms with Crippen molar-refractivity contribution in [1.82, 2.24) is 20.5 Å². The lowest BCUT2D eigenvalue weighted by Crippen LogP contribution is -2.44. The summed E-state index contributed by atoms with van der Waals surface area (Å²) in [4.78, 5) is 17.8. The van der Waals surface area contributed by atoms with Crippen molar-refractivity contribution in [3.8, 4) is 17.3 Å². The van der Waals surface area contributed by atoms with Crippen molar-refractivity contribution in [3.05, 3.63) is 89.8 Å². The topological polar surface area (TPSA) is 94.5 Å². The second-order valence-electron chi connectivity index (χ2n) is 8.40. The number of aromatic amines is 1. The molecule has 2 aromatic heterocycles. The molecule has 0 aliphatic heterocycles. The van der Waals surface area contributed by atoms with Crippen LogP contribution in [0.3, 0.4) is 0 Å². The predicted molar refractivity (Wildman–Crippen MR) is 128 cm³/mol. The maximum atomic E-state index is 13.1. The summed E-state index contributed by atoms with van der Waals surface area (Å²) in [5, 5.41) is 20.9. The molecule has 2 aromatic carbocycles. The van der Waals surface area contributed by atoms with Gasteiger partial charge in [-0.25, -0.2) is 4.98 Å². The molecule has 0 unspecified atom stereocenters. The number of rotatable bonds is 5. The van der Waals surface area contributed by atoms with E-state index in [0.717, 1.165) is 53.4 Å². The van der Waals surface area contributed by atoms with Gasteiger partial charge in [-0.1, -0.05) is 55.3 Å². The van der Waals surface area contributed by atoms with Crippen LogP contribution < -0.4 is 5.32 Å². The molecule has 0 atom stereocenters. The number of benzene rings is 2. The van der Waals surface area contributed by atoms with E-state index in [9.17, 15) is 10.1 Å². The van der Waals surface area contributed by atoms with E-state index in [1.54, 1.807) is 18.3 Å². The highest BCUT2D eigenvalue weighted by molar-refractivity contribution is 6.02. The minimum absolute atomic E-state index is 0.0483. The van der Waals surface area contributed by atoms with Crippen LogP contribution in [0.5, 0.6) is 0 Å². The van der Waals surface area contributed by atoms with Gasteiger partial charge in [-0.3, -0.25) is 9.89 Å². The average molecular weight is 434 g/mol. The van der Waals surface area contributed by atoms with E-state index in [1.807, 2.05) is 60.7 Å². The van der Waals surface area contributed by atoms with Crippen molar-refractivity contribution >= 4 is 22.9 Å². The smallest absolute Gasteiger partial charge is 0.262 e. The van der Waals surface area contributed by atoms with Gasteiger partial charge in [0.2, 0.25) is 0 Å². The maximum Gasteiger partial charge on any atom is 0.262 e. The van der Waals surface area contributed by atoms with Crippen LogP contribution in [0, 0.1) is 11.3 Å². The number of carbonyl (C=O) groups excluding carboxylic acids is 1. The number of aromatic nitrogens is 3. The van der Waals surface area contributed by atoms with E-state index in [4.69, 9.17) is 0 Å². The van der Waals surface area contributed by atoms with E-state index < -0.39 is 5.54 Å². The number of nitriles is 1. The molecule has 33 heavy (non-hydrogen) atoms. The van der Waals surface area contributed by atoms with Crippen LogP contribution in [0.15, 0.2) is 78.5 Å². The molecule has 2 N–H and O–H groups in total. The fourth-order valence-corrected chi connectivity index (χ4v) is 4.60. The number of hydrogen-bond acceptors (Lipinski definition) is 4. The summed E-state index contributed by atoms with van der Waals surface area (Å²) in [7, 11) is 0. The Morgan fingerprint density at radius 1 is 1.06 bits per heavy atom.